The Labute approximate surface area is 125 Å². The quantitative estimate of drug-likeness (QED) is 0.877. The van der Waals surface area contributed by atoms with E-state index >= 15 is 0 Å². The predicted molar refractivity (Wildman–Crippen MR) is 81.1 cm³/mol. The number of hydrogen-bond acceptors (Lipinski definition) is 3. The van der Waals surface area contributed by atoms with Crippen molar-refractivity contribution in [2.45, 2.75) is 43.5 Å². The SMILES string of the molecule is NCc1cc(S(=O)(=O)NCC2CCCCC2)ccc1Cl. The van der Waals surface area contributed by atoms with Crippen molar-refractivity contribution in [3.8, 4) is 0 Å². The third-order valence-corrected chi connectivity index (χ3v) is 5.62. The average molecular weight is 317 g/mol. The van der Waals surface area contributed by atoms with Crippen molar-refractivity contribution in [1.29, 1.82) is 0 Å². The lowest BCUT2D eigenvalue weighted by Gasteiger charge is -2.21. The molecule has 0 radical (unpaired) electrons. The van der Waals surface area contributed by atoms with Crippen LogP contribution in [-0.4, -0.2) is 15.0 Å². The summed E-state index contributed by atoms with van der Waals surface area (Å²) in [6.45, 7) is 0.744. The predicted octanol–water partition coefficient (Wildman–Crippen LogP) is 2.66. The molecule has 20 heavy (non-hydrogen) atoms. The zero-order valence-electron chi connectivity index (χ0n) is 11.4. The van der Waals surface area contributed by atoms with Crippen molar-refractivity contribution in [3.63, 3.8) is 0 Å². The molecule has 0 unspecified atom stereocenters. The maximum atomic E-state index is 12.3. The summed E-state index contributed by atoms with van der Waals surface area (Å²) in [6.07, 6.45) is 5.88. The van der Waals surface area contributed by atoms with E-state index in [-0.39, 0.29) is 11.4 Å². The van der Waals surface area contributed by atoms with Crippen LogP contribution in [0.2, 0.25) is 5.02 Å². The largest absolute Gasteiger partial charge is 0.326 e. The highest BCUT2D eigenvalue weighted by Gasteiger charge is 2.19. The molecule has 1 saturated carbocycles. The summed E-state index contributed by atoms with van der Waals surface area (Å²) < 4.78 is 27.2. The molecule has 1 fully saturated rings. The molecule has 2 rings (SSSR count). The molecule has 112 valence electrons. The monoisotopic (exact) mass is 316 g/mol. The van der Waals surface area contributed by atoms with Gasteiger partial charge in [-0.05, 0) is 42.5 Å². The first-order valence-corrected chi connectivity index (χ1v) is 8.87. The van der Waals surface area contributed by atoms with E-state index in [0.29, 0.717) is 23.0 Å². The van der Waals surface area contributed by atoms with Crippen molar-refractivity contribution in [2.75, 3.05) is 6.54 Å². The Morgan fingerprint density at radius 3 is 2.60 bits per heavy atom. The smallest absolute Gasteiger partial charge is 0.240 e. The first-order valence-electron chi connectivity index (χ1n) is 7.01. The summed E-state index contributed by atoms with van der Waals surface area (Å²) in [7, 11) is -3.47. The molecule has 0 aromatic heterocycles. The Balaban J connectivity index is 2.05. The highest BCUT2D eigenvalue weighted by Crippen LogP contribution is 2.24. The van der Waals surface area contributed by atoms with Gasteiger partial charge in [-0.15, -0.1) is 0 Å². The lowest BCUT2D eigenvalue weighted by atomic mass is 9.90. The number of nitrogens with two attached hydrogens (primary N) is 1. The van der Waals surface area contributed by atoms with Crippen LogP contribution in [0, 0.1) is 5.92 Å². The first-order chi connectivity index (χ1) is 9.53. The van der Waals surface area contributed by atoms with Gasteiger partial charge in [0.05, 0.1) is 4.90 Å². The molecule has 0 bridgehead atoms. The summed E-state index contributed by atoms with van der Waals surface area (Å²) in [4.78, 5) is 0.234. The van der Waals surface area contributed by atoms with E-state index < -0.39 is 10.0 Å². The molecular weight excluding hydrogens is 296 g/mol. The van der Waals surface area contributed by atoms with Gasteiger partial charge in [0.1, 0.15) is 0 Å². The second-order valence-corrected chi connectivity index (χ2v) is 7.49. The van der Waals surface area contributed by atoms with Crippen molar-refractivity contribution in [2.24, 2.45) is 11.7 Å². The van der Waals surface area contributed by atoms with Crippen LogP contribution >= 0.6 is 11.6 Å². The van der Waals surface area contributed by atoms with Gasteiger partial charge in [0.2, 0.25) is 10.0 Å². The lowest BCUT2D eigenvalue weighted by molar-refractivity contribution is 0.357. The van der Waals surface area contributed by atoms with Gasteiger partial charge in [0.25, 0.3) is 0 Å². The lowest BCUT2D eigenvalue weighted by Crippen LogP contribution is -2.30. The fraction of sp³-hybridized carbons (Fsp3) is 0.571. The maximum absolute atomic E-state index is 12.3. The Bertz CT molecular complexity index is 554. The van der Waals surface area contributed by atoms with Gasteiger partial charge in [-0.2, -0.15) is 0 Å². The van der Waals surface area contributed by atoms with E-state index in [1.807, 2.05) is 0 Å². The molecule has 0 atom stereocenters. The van der Waals surface area contributed by atoms with Crippen LogP contribution in [0.15, 0.2) is 23.1 Å². The molecule has 3 N–H and O–H groups in total. The summed E-state index contributed by atoms with van der Waals surface area (Å²) in [5, 5.41) is 0.499. The van der Waals surface area contributed by atoms with Crippen LogP contribution in [0.25, 0.3) is 0 Å². The molecule has 1 aromatic carbocycles. The van der Waals surface area contributed by atoms with E-state index in [1.165, 1.54) is 25.3 Å². The molecule has 1 aliphatic rings. The fourth-order valence-corrected chi connectivity index (χ4v) is 3.94. The molecular formula is C14H21ClN2O2S. The average Bonchev–Trinajstić information content (AvgIpc) is 2.46. The van der Waals surface area contributed by atoms with E-state index in [1.54, 1.807) is 12.1 Å². The normalized spacial score (nSPS) is 17.3. The van der Waals surface area contributed by atoms with Gasteiger partial charge in [-0.1, -0.05) is 30.9 Å². The highest BCUT2D eigenvalue weighted by molar-refractivity contribution is 7.89. The second kappa shape index (κ2) is 6.89. The standard InChI is InChI=1S/C14H21ClN2O2S/c15-14-7-6-13(8-12(14)9-16)20(18,19)17-10-11-4-2-1-3-5-11/h6-8,11,17H,1-5,9-10,16H2. The molecule has 1 aliphatic carbocycles. The van der Waals surface area contributed by atoms with Crippen molar-refractivity contribution < 1.29 is 8.42 Å². The fourth-order valence-electron chi connectivity index (χ4n) is 2.58. The van der Waals surface area contributed by atoms with Crippen LogP contribution in [0.4, 0.5) is 0 Å². The van der Waals surface area contributed by atoms with E-state index in [9.17, 15) is 8.42 Å². The third kappa shape index (κ3) is 3.95. The Kier molecular flexibility index (Phi) is 5.43. The van der Waals surface area contributed by atoms with E-state index in [0.717, 1.165) is 12.8 Å². The van der Waals surface area contributed by atoms with Gasteiger partial charge in [0.15, 0.2) is 0 Å². The highest BCUT2D eigenvalue weighted by atomic mass is 35.5. The minimum absolute atomic E-state index is 0.227. The van der Waals surface area contributed by atoms with Gasteiger partial charge in [0, 0.05) is 18.1 Å². The molecule has 0 heterocycles. The summed E-state index contributed by atoms with van der Waals surface area (Å²) in [5.74, 6) is 0.458. The van der Waals surface area contributed by atoms with Crippen LogP contribution in [0.1, 0.15) is 37.7 Å². The first kappa shape index (κ1) is 15.8. The van der Waals surface area contributed by atoms with Crippen LogP contribution < -0.4 is 10.5 Å². The number of halogens is 1. The molecule has 0 amide bonds. The number of sulfonamides is 1. The minimum atomic E-state index is -3.47. The zero-order valence-corrected chi connectivity index (χ0v) is 13.0. The summed E-state index contributed by atoms with van der Waals surface area (Å²) in [6, 6.07) is 4.65. The van der Waals surface area contributed by atoms with E-state index in [2.05, 4.69) is 4.72 Å². The number of rotatable bonds is 5. The molecule has 1 aromatic rings. The zero-order chi connectivity index (χ0) is 14.6. The number of nitrogens with one attached hydrogen (secondary N) is 1. The van der Waals surface area contributed by atoms with Crippen LogP contribution in [0.3, 0.4) is 0 Å². The summed E-state index contributed by atoms with van der Waals surface area (Å²) in [5.41, 5.74) is 6.20. The maximum Gasteiger partial charge on any atom is 0.240 e. The Morgan fingerprint density at radius 2 is 1.95 bits per heavy atom. The van der Waals surface area contributed by atoms with Gasteiger partial charge in [-0.25, -0.2) is 13.1 Å². The molecule has 0 aliphatic heterocycles. The van der Waals surface area contributed by atoms with Crippen molar-refractivity contribution in [3.05, 3.63) is 28.8 Å². The van der Waals surface area contributed by atoms with Gasteiger partial charge >= 0.3 is 0 Å². The number of benzene rings is 1. The van der Waals surface area contributed by atoms with Crippen molar-refractivity contribution >= 4 is 21.6 Å². The van der Waals surface area contributed by atoms with Gasteiger partial charge in [-0.3, -0.25) is 0 Å². The molecule has 4 nitrogen and oxygen atoms in total. The Hall–Kier alpha value is -0.620. The van der Waals surface area contributed by atoms with Gasteiger partial charge < -0.3 is 5.73 Å². The second-order valence-electron chi connectivity index (χ2n) is 5.31. The number of hydrogen-bond donors (Lipinski definition) is 2. The summed E-state index contributed by atoms with van der Waals surface area (Å²) >= 11 is 5.95. The Morgan fingerprint density at radius 1 is 1.25 bits per heavy atom. The van der Waals surface area contributed by atoms with Crippen LogP contribution in [-0.2, 0) is 16.6 Å². The topological polar surface area (TPSA) is 72.2 Å². The molecule has 6 heteroatoms. The van der Waals surface area contributed by atoms with Crippen LogP contribution in [0.5, 0.6) is 0 Å². The van der Waals surface area contributed by atoms with E-state index in [4.69, 9.17) is 17.3 Å². The third-order valence-electron chi connectivity index (χ3n) is 3.83. The minimum Gasteiger partial charge on any atom is -0.326 e. The molecule has 0 spiro atoms. The molecule has 0 saturated heterocycles. The van der Waals surface area contributed by atoms with Crippen molar-refractivity contribution in [1.82, 2.24) is 4.72 Å².